The van der Waals surface area contributed by atoms with Crippen molar-refractivity contribution >= 4 is 11.3 Å². The Hall–Kier alpha value is -0.0766. The molecule has 1 aliphatic heterocycles. The maximum atomic E-state index is 5.00. The zero-order chi connectivity index (χ0) is 5.40. The molecule has 0 spiro atoms. The van der Waals surface area contributed by atoms with Gasteiger partial charge in [-0.2, -0.15) is 0 Å². The van der Waals surface area contributed by atoms with Gasteiger partial charge in [0, 0.05) is 5.75 Å². The van der Waals surface area contributed by atoms with Crippen LogP contribution in [0.5, 0.6) is 11.5 Å². The minimum absolute atomic E-state index is 0. The zero-order valence-electron chi connectivity index (χ0n) is 5.72. The number of ether oxygens (including phenoxy) is 2. The van der Waals surface area contributed by atoms with E-state index in [0.717, 1.165) is 11.5 Å². The maximum Gasteiger partial charge on any atom is 2.00 e. The number of rotatable bonds is 0. The molecule has 0 atom stereocenters. The van der Waals surface area contributed by atoms with Crippen molar-refractivity contribution in [1.82, 2.24) is 0 Å². The topological polar surface area (TPSA) is 18.5 Å². The first-order valence-electron chi connectivity index (χ1n) is 2.21. The van der Waals surface area contributed by atoms with Crippen molar-refractivity contribution < 1.29 is 29.0 Å². The van der Waals surface area contributed by atoms with Crippen molar-refractivity contribution in [3.8, 4) is 11.5 Å². The van der Waals surface area contributed by atoms with Gasteiger partial charge in [0.2, 0.25) is 6.79 Å². The van der Waals surface area contributed by atoms with Gasteiger partial charge in [0.15, 0.2) is 0 Å². The Bertz CT molecular complexity index is 181. The summed E-state index contributed by atoms with van der Waals surface area (Å²) in [4.78, 5) is 0. The predicted molar refractivity (Wildman–Crippen MR) is 35.7 cm³/mol. The van der Waals surface area contributed by atoms with Crippen LogP contribution in [-0.4, -0.2) is 6.79 Å². The van der Waals surface area contributed by atoms with Crippen LogP contribution in [0.3, 0.4) is 0 Å². The Morgan fingerprint density at radius 2 is 2.30 bits per heavy atom. The molecular weight excluding hydrogens is 202 g/mol. The van der Waals surface area contributed by atoms with E-state index in [1.165, 1.54) is 11.3 Å². The summed E-state index contributed by atoms with van der Waals surface area (Å²) in [5.41, 5.74) is 0. The fourth-order valence-corrected chi connectivity index (χ4v) is 1.20. The van der Waals surface area contributed by atoms with Crippen molar-refractivity contribution in [2.75, 3.05) is 6.79 Å². The van der Waals surface area contributed by atoms with Crippen molar-refractivity contribution in [3.05, 3.63) is 18.2 Å². The zero-order valence-corrected chi connectivity index (χ0v) is 9.50. The second kappa shape index (κ2) is 3.94. The second-order valence-electron chi connectivity index (χ2n) is 1.44. The SMILES string of the molecule is [CH3-].[Zn+2].[c-]1scc2c1OCO2. The van der Waals surface area contributed by atoms with Gasteiger partial charge in [0.1, 0.15) is 0 Å². The Balaban J connectivity index is 0.000000405. The molecule has 2 heterocycles. The van der Waals surface area contributed by atoms with E-state index in [1.54, 1.807) is 0 Å². The molecule has 10 heavy (non-hydrogen) atoms. The number of hydrogen-bond acceptors (Lipinski definition) is 3. The first kappa shape index (κ1) is 9.92. The molecule has 0 unspecified atom stereocenters. The van der Waals surface area contributed by atoms with Gasteiger partial charge in [0.25, 0.3) is 0 Å². The Morgan fingerprint density at radius 3 is 3.00 bits per heavy atom. The molecule has 50 valence electrons. The standard InChI is InChI=1S/C5H3O2S.CH3.Zn/c1-4-5(2-8-1)7-3-6-4;;/h1H,3H2;1H3;/q2*-1;+2. The van der Waals surface area contributed by atoms with E-state index in [-0.39, 0.29) is 26.9 Å². The molecule has 1 aromatic heterocycles. The summed E-state index contributed by atoms with van der Waals surface area (Å²) < 4.78 is 9.97. The quantitative estimate of drug-likeness (QED) is 0.477. The summed E-state index contributed by atoms with van der Waals surface area (Å²) in [5, 5.41) is 4.79. The monoisotopic (exact) mass is 206 g/mol. The molecule has 0 N–H and O–H groups in total. The van der Waals surface area contributed by atoms with Gasteiger partial charge >= 0.3 is 19.5 Å². The van der Waals surface area contributed by atoms with E-state index in [2.05, 4.69) is 5.38 Å². The molecule has 0 radical (unpaired) electrons. The molecule has 0 aliphatic carbocycles. The van der Waals surface area contributed by atoms with Gasteiger partial charge < -0.3 is 16.9 Å². The van der Waals surface area contributed by atoms with Crippen molar-refractivity contribution in [3.63, 3.8) is 0 Å². The van der Waals surface area contributed by atoms with Crippen LogP contribution in [0.15, 0.2) is 5.38 Å². The van der Waals surface area contributed by atoms with Crippen LogP contribution in [-0.2, 0) is 19.5 Å². The summed E-state index contributed by atoms with van der Waals surface area (Å²) in [7, 11) is 0. The summed E-state index contributed by atoms with van der Waals surface area (Å²) in [6.45, 7) is 0.356. The fourth-order valence-electron chi connectivity index (χ4n) is 0.592. The summed E-state index contributed by atoms with van der Waals surface area (Å²) in [6, 6.07) is 0. The fraction of sp³-hybridized carbons (Fsp3) is 0.167. The third kappa shape index (κ3) is 1.50. The smallest absolute Gasteiger partial charge is 0.527 e. The summed E-state index contributed by atoms with van der Waals surface area (Å²) in [6.07, 6.45) is 0. The first-order valence-corrected chi connectivity index (χ1v) is 3.09. The molecule has 1 aromatic rings. The average Bonchev–Trinajstić information content (AvgIpc) is 2.15. The molecule has 1 aliphatic rings. The van der Waals surface area contributed by atoms with E-state index in [1.807, 2.05) is 5.38 Å². The minimum atomic E-state index is 0. The van der Waals surface area contributed by atoms with Gasteiger partial charge in [-0.1, -0.05) is 5.38 Å². The number of thiophene rings is 1. The van der Waals surface area contributed by atoms with Crippen LogP contribution in [0.25, 0.3) is 0 Å². The largest absolute Gasteiger partial charge is 2.00 e. The van der Waals surface area contributed by atoms with Gasteiger partial charge in [-0.05, 0) is 0 Å². The van der Waals surface area contributed by atoms with Crippen LogP contribution < -0.4 is 9.47 Å². The van der Waals surface area contributed by atoms with E-state index in [0.29, 0.717) is 6.79 Å². The molecule has 0 amide bonds. The van der Waals surface area contributed by atoms with Gasteiger partial charge in [-0.25, -0.2) is 0 Å². The van der Waals surface area contributed by atoms with Gasteiger partial charge in [0.05, 0.1) is 5.75 Å². The summed E-state index contributed by atoms with van der Waals surface area (Å²) in [5.74, 6) is 1.59. The van der Waals surface area contributed by atoms with Gasteiger partial charge in [-0.3, -0.25) is 11.3 Å². The predicted octanol–water partition coefficient (Wildman–Crippen LogP) is 1.72. The average molecular weight is 208 g/mol. The molecule has 2 rings (SSSR count). The van der Waals surface area contributed by atoms with E-state index >= 15 is 0 Å². The van der Waals surface area contributed by atoms with Crippen molar-refractivity contribution in [2.45, 2.75) is 0 Å². The normalized spacial score (nSPS) is 11.6. The van der Waals surface area contributed by atoms with Gasteiger partial charge in [-0.15, -0.1) is 5.38 Å². The summed E-state index contributed by atoms with van der Waals surface area (Å²) >= 11 is 1.47. The van der Waals surface area contributed by atoms with Crippen LogP contribution in [0, 0.1) is 12.8 Å². The maximum absolute atomic E-state index is 5.00. The van der Waals surface area contributed by atoms with E-state index in [9.17, 15) is 0 Å². The number of hydrogen-bond donors (Lipinski definition) is 0. The van der Waals surface area contributed by atoms with Crippen LogP contribution in [0.4, 0.5) is 0 Å². The molecule has 0 fully saturated rings. The van der Waals surface area contributed by atoms with Crippen LogP contribution >= 0.6 is 11.3 Å². The van der Waals surface area contributed by atoms with E-state index < -0.39 is 0 Å². The Kier molecular flexibility index (Phi) is 3.91. The first-order chi connectivity index (χ1) is 3.97. The minimum Gasteiger partial charge on any atom is -0.527 e. The van der Waals surface area contributed by atoms with E-state index in [4.69, 9.17) is 9.47 Å². The Labute approximate surface area is 76.9 Å². The molecule has 2 nitrogen and oxygen atoms in total. The second-order valence-corrected chi connectivity index (χ2v) is 2.11. The molecule has 4 heteroatoms. The third-order valence-corrected chi connectivity index (χ3v) is 1.59. The van der Waals surface area contributed by atoms with Crippen LogP contribution in [0.1, 0.15) is 0 Å². The van der Waals surface area contributed by atoms with Crippen molar-refractivity contribution in [1.29, 1.82) is 0 Å². The number of fused-ring (bicyclic) bond motifs is 1. The molecule has 0 aromatic carbocycles. The molecule has 0 bridgehead atoms. The molecular formula is C6H6O2SZn. The molecule has 0 saturated heterocycles. The molecule has 0 saturated carbocycles. The Morgan fingerprint density at radius 1 is 1.50 bits per heavy atom. The van der Waals surface area contributed by atoms with Crippen molar-refractivity contribution in [2.24, 2.45) is 0 Å². The third-order valence-electron chi connectivity index (χ3n) is 0.959. The van der Waals surface area contributed by atoms with Crippen LogP contribution in [0.2, 0.25) is 0 Å².